The highest BCUT2D eigenvalue weighted by atomic mass is 35.5. The molecule has 3 rings (SSSR count). The Balaban J connectivity index is 2.02. The monoisotopic (exact) mass is 344 g/mol. The van der Waals surface area contributed by atoms with E-state index in [2.05, 4.69) is 5.32 Å². The van der Waals surface area contributed by atoms with Crippen molar-refractivity contribution in [2.75, 3.05) is 19.5 Å². The topological polar surface area (TPSA) is 52.5 Å². The molecule has 0 aliphatic carbocycles. The van der Waals surface area contributed by atoms with Crippen molar-refractivity contribution in [2.24, 2.45) is 7.05 Å². The van der Waals surface area contributed by atoms with E-state index in [4.69, 9.17) is 21.1 Å². The van der Waals surface area contributed by atoms with Crippen molar-refractivity contribution < 1.29 is 14.3 Å². The van der Waals surface area contributed by atoms with Crippen molar-refractivity contribution >= 4 is 34.1 Å². The van der Waals surface area contributed by atoms with Crippen LogP contribution in [0.4, 0.5) is 5.69 Å². The second-order valence-electron chi connectivity index (χ2n) is 5.26. The first-order valence-electron chi connectivity index (χ1n) is 7.33. The molecule has 1 aromatic heterocycles. The molecule has 0 aliphatic heterocycles. The van der Waals surface area contributed by atoms with Crippen molar-refractivity contribution in [3.63, 3.8) is 0 Å². The van der Waals surface area contributed by atoms with Gasteiger partial charge in [-0.15, -0.1) is 0 Å². The lowest BCUT2D eigenvalue weighted by Gasteiger charge is -2.12. The average molecular weight is 345 g/mol. The first-order chi connectivity index (χ1) is 11.6. The smallest absolute Gasteiger partial charge is 0.273 e. The van der Waals surface area contributed by atoms with Crippen molar-refractivity contribution in [3.05, 3.63) is 53.2 Å². The molecule has 0 spiro atoms. The molecule has 3 aromatic rings. The predicted molar refractivity (Wildman–Crippen MR) is 95.4 cm³/mol. The fraction of sp³-hybridized carbons (Fsp3) is 0.167. The molecule has 0 saturated carbocycles. The number of hydrogen-bond donors (Lipinski definition) is 1. The largest absolute Gasteiger partial charge is 0.497 e. The Morgan fingerprint density at radius 2 is 1.88 bits per heavy atom. The van der Waals surface area contributed by atoms with Gasteiger partial charge in [0, 0.05) is 24.0 Å². The van der Waals surface area contributed by atoms with Crippen LogP contribution in [0.25, 0.3) is 10.9 Å². The zero-order chi connectivity index (χ0) is 17.3. The first kappa shape index (κ1) is 16.2. The molecule has 1 N–H and O–H groups in total. The number of ether oxygens (including phenoxy) is 2. The maximum absolute atomic E-state index is 12.8. The van der Waals surface area contributed by atoms with Crippen LogP contribution in [-0.4, -0.2) is 24.7 Å². The molecular weight excluding hydrogens is 328 g/mol. The van der Waals surface area contributed by atoms with Crippen LogP contribution in [0.5, 0.6) is 11.5 Å². The Kier molecular flexibility index (Phi) is 4.36. The van der Waals surface area contributed by atoms with Crippen molar-refractivity contribution in [3.8, 4) is 11.5 Å². The van der Waals surface area contributed by atoms with Gasteiger partial charge < -0.3 is 19.4 Å². The molecule has 124 valence electrons. The van der Waals surface area contributed by atoms with E-state index in [1.54, 1.807) is 37.0 Å². The van der Waals surface area contributed by atoms with Crippen LogP contribution in [0.15, 0.2) is 42.5 Å². The maximum atomic E-state index is 12.8. The Morgan fingerprint density at radius 1 is 1.12 bits per heavy atom. The van der Waals surface area contributed by atoms with Gasteiger partial charge >= 0.3 is 0 Å². The summed E-state index contributed by atoms with van der Waals surface area (Å²) in [5, 5.41) is 4.11. The Bertz CT molecular complexity index is 879. The van der Waals surface area contributed by atoms with Crippen LogP contribution in [-0.2, 0) is 7.05 Å². The summed E-state index contributed by atoms with van der Waals surface area (Å²) in [5.41, 5.74) is 1.80. The second-order valence-corrected chi connectivity index (χ2v) is 5.64. The number of halogens is 1. The number of nitrogens with one attached hydrogen (secondary N) is 1. The summed E-state index contributed by atoms with van der Waals surface area (Å²) in [6.07, 6.45) is 0. The van der Waals surface area contributed by atoms with Crippen LogP contribution >= 0.6 is 11.6 Å². The van der Waals surface area contributed by atoms with Gasteiger partial charge in [0.05, 0.1) is 24.9 Å². The van der Waals surface area contributed by atoms with Gasteiger partial charge in [-0.25, -0.2) is 0 Å². The van der Waals surface area contributed by atoms with Gasteiger partial charge in [-0.05, 0) is 18.2 Å². The molecule has 1 amide bonds. The summed E-state index contributed by atoms with van der Waals surface area (Å²) in [6, 6.07) is 12.8. The molecule has 0 atom stereocenters. The standard InChI is InChI=1S/C18H17ClN2O3/c1-21-14-7-5-4-6-12(14)16(19)17(21)18(22)20-13-10-11(23-2)8-9-15(13)24-3/h4-10H,1-3H3,(H,20,22). The molecular formula is C18H17ClN2O3. The highest BCUT2D eigenvalue weighted by Crippen LogP contribution is 2.33. The van der Waals surface area contributed by atoms with Crippen molar-refractivity contribution in [1.29, 1.82) is 0 Å². The summed E-state index contributed by atoms with van der Waals surface area (Å²) in [4.78, 5) is 12.8. The fourth-order valence-electron chi connectivity index (χ4n) is 2.69. The van der Waals surface area contributed by atoms with E-state index in [1.165, 1.54) is 0 Å². The fourth-order valence-corrected chi connectivity index (χ4v) is 3.06. The van der Waals surface area contributed by atoms with Gasteiger partial charge in [-0.2, -0.15) is 0 Å². The zero-order valence-electron chi connectivity index (χ0n) is 13.6. The number of methoxy groups -OCH3 is 2. The molecule has 0 fully saturated rings. The number of rotatable bonds is 4. The highest BCUT2D eigenvalue weighted by Gasteiger charge is 2.21. The van der Waals surface area contributed by atoms with Gasteiger partial charge in [0.1, 0.15) is 17.2 Å². The summed E-state index contributed by atoms with van der Waals surface area (Å²) in [7, 11) is 4.92. The summed E-state index contributed by atoms with van der Waals surface area (Å²) < 4.78 is 12.3. The SMILES string of the molecule is COc1ccc(OC)c(NC(=O)c2c(Cl)c3ccccc3n2C)c1. The highest BCUT2D eigenvalue weighted by molar-refractivity contribution is 6.39. The normalized spacial score (nSPS) is 10.7. The number of anilines is 1. The van der Waals surface area contributed by atoms with Gasteiger partial charge in [0.15, 0.2) is 0 Å². The molecule has 5 nitrogen and oxygen atoms in total. The molecule has 0 radical (unpaired) electrons. The van der Waals surface area contributed by atoms with Gasteiger partial charge in [-0.1, -0.05) is 29.8 Å². The Morgan fingerprint density at radius 3 is 2.54 bits per heavy atom. The van der Waals surface area contributed by atoms with E-state index in [1.807, 2.05) is 31.3 Å². The van der Waals surface area contributed by atoms with Gasteiger partial charge in [0.25, 0.3) is 5.91 Å². The Labute approximate surface area is 144 Å². The number of carbonyl (C=O) groups is 1. The third kappa shape index (κ3) is 2.67. The number of hydrogen-bond acceptors (Lipinski definition) is 3. The molecule has 0 bridgehead atoms. The number of para-hydroxylation sites is 1. The van der Waals surface area contributed by atoms with Crippen molar-refractivity contribution in [2.45, 2.75) is 0 Å². The van der Waals surface area contributed by atoms with E-state index < -0.39 is 0 Å². The number of carbonyl (C=O) groups excluding carboxylic acids is 1. The van der Waals surface area contributed by atoms with Crippen molar-refractivity contribution in [1.82, 2.24) is 4.57 Å². The zero-order valence-corrected chi connectivity index (χ0v) is 14.3. The Hall–Kier alpha value is -2.66. The van der Waals surface area contributed by atoms with Crippen LogP contribution in [0.3, 0.4) is 0 Å². The minimum Gasteiger partial charge on any atom is -0.497 e. The van der Waals surface area contributed by atoms with Gasteiger partial charge in [-0.3, -0.25) is 4.79 Å². The minimum absolute atomic E-state index is 0.315. The first-order valence-corrected chi connectivity index (χ1v) is 7.71. The molecule has 2 aromatic carbocycles. The molecule has 0 unspecified atom stereocenters. The molecule has 0 saturated heterocycles. The molecule has 1 heterocycles. The van der Waals surface area contributed by atoms with Crippen LogP contribution in [0.2, 0.25) is 5.02 Å². The van der Waals surface area contributed by atoms with Crippen LogP contribution in [0.1, 0.15) is 10.5 Å². The quantitative estimate of drug-likeness (QED) is 0.775. The lowest BCUT2D eigenvalue weighted by Crippen LogP contribution is -2.16. The lowest BCUT2D eigenvalue weighted by molar-refractivity contribution is 0.101. The third-order valence-electron chi connectivity index (χ3n) is 3.92. The number of aromatic nitrogens is 1. The van der Waals surface area contributed by atoms with Crippen LogP contribution < -0.4 is 14.8 Å². The van der Waals surface area contributed by atoms with E-state index in [-0.39, 0.29) is 5.91 Å². The summed E-state index contributed by atoms with van der Waals surface area (Å²) >= 11 is 6.42. The lowest BCUT2D eigenvalue weighted by atomic mass is 10.2. The predicted octanol–water partition coefficient (Wildman–Crippen LogP) is 4.10. The average Bonchev–Trinajstić information content (AvgIpc) is 2.86. The summed E-state index contributed by atoms with van der Waals surface area (Å²) in [5.74, 6) is 0.846. The van der Waals surface area contributed by atoms with E-state index >= 15 is 0 Å². The van der Waals surface area contributed by atoms with Gasteiger partial charge in [0.2, 0.25) is 0 Å². The minimum atomic E-state index is -0.315. The number of amides is 1. The van der Waals surface area contributed by atoms with E-state index in [0.29, 0.717) is 27.9 Å². The van der Waals surface area contributed by atoms with Crippen LogP contribution in [0, 0.1) is 0 Å². The number of nitrogens with zero attached hydrogens (tertiary/aromatic N) is 1. The third-order valence-corrected chi connectivity index (χ3v) is 4.30. The number of fused-ring (bicyclic) bond motifs is 1. The molecule has 6 heteroatoms. The maximum Gasteiger partial charge on any atom is 0.273 e. The molecule has 24 heavy (non-hydrogen) atoms. The molecule has 0 aliphatic rings. The van der Waals surface area contributed by atoms with E-state index in [9.17, 15) is 4.79 Å². The number of benzene rings is 2. The van der Waals surface area contributed by atoms with E-state index in [0.717, 1.165) is 10.9 Å². The number of aryl methyl sites for hydroxylation is 1. The summed E-state index contributed by atoms with van der Waals surface area (Å²) in [6.45, 7) is 0. The second kappa shape index (κ2) is 6.45.